The second-order valence-electron chi connectivity index (χ2n) is 5.26. The molecule has 1 saturated heterocycles. The highest BCUT2D eigenvalue weighted by Crippen LogP contribution is 2.43. The van der Waals surface area contributed by atoms with Crippen LogP contribution in [-0.2, 0) is 19.6 Å². The predicted octanol–water partition coefficient (Wildman–Crippen LogP) is 2.54. The molecule has 3 rings (SSSR count). The first-order chi connectivity index (χ1) is 10.8. The molecule has 2 aliphatic rings. The summed E-state index contributed by atoms with van der Waals surface area (Å²) in [4.78, 5) is 11.7. The van der Waals surface area contributed by atoms with Crippen LogP contribution in [0.5, 0.6) is 0 Å². The van der Waals surface area contributed by atoms with E-state index in [-0.39, 0.29) is 28.1 Å². The van der Waals surface area contributed by atoms with Crippen LogP contribution in [-0.4, -0.2) is 37.4 Å². The van der Waals surface area contributed by atoms with E-state index in [4.69, 9.17) is 27.9 Å². The second kappa shape index (κ2) is 5.72. The van der Waals surface area contributed by atoms with E-state index in [0.717, 1.165) is 9.87 Å². The summed E-state index contributed by atoms with van der Waals surface area (Å²) in [6.07, 6.45) is 2.51. The highest BCUT2D eigenvalue weighted by molar-refractivity contribution is 7.89. The van der Waals surface area contributed by atoms with E-state index in [1.54, 1.807) is 12.1 Å². The SMILES string of the molecule is Cc1ccc(S(=O)(=O)N2CCOC23C=CC(=O)C(Cl)=C3Cl)cc1. The Bertz CT molecular complexity index is 830. The Morgan fingerprint density at radius 3 is 2.52 bits per heavy atom. The van der Waals surface area contributed by atoms with Crippen LogP contribution in [0, 0.1) is 6.92 Å². The van der Waals surface area contributed by atoms with Crippen molar-refractivity contribution in [1.82, 2.24) is 4.31 Å². The summed E-state index contributed by atoms with van der Waals surface area (Å²) >= 11 is 12.1. The predicted molar refractivity (Wildman–Crippen MR) is 86.6 cm³/mol. The summed E-state index contributed by atoms with van der Waals surface area (Å²) in [6.45, 7) is 2.12. The van der Waals surface area contributed by atoms with Gasteiger partial charge in [0.15, 0.2) is 11.5 Å². The average Bonchev–Trinajstić information content (AvgIpc) is 2.95. The lowest BCUT2D eigenvalue weighted by Gasteiger charge is -2.35. The van der Waals surface area contributed by atoms with Gasteiger partial charge in [0, 0.05) is 6.54 Å². The van der Waals surface area contributed by atoms with Gasteiger partial charge < -0.3 is 4.74 Å². The minimum absolute atomic E-state index is 0.106. The smallest absolute Gasteiger partial charge is 0.246 e. The van der Waals surface area contributed by atoms with Crippen molar-refractivity contribution < 1.29 is 17.9 Å². The molecule has 1 aromatic rings. The zero-order valence-corrected chi connectivity index (χ0v) is 14.5. The molecule has 8 heteroatoms. The van der Waals surface area contributed by atoms with E-state index in [1.807, 2.05) is 6.92 Å². The first-order valence-corrected chi connectivity index (χ1v) is 9.01. The van der Waals surface area contributed by atoms with Gasteiger partial charge >= 0.3 is 0 Å². The van der Waals surface area contributed by atoms with Crippen LogP contribution in [0.25, 0.3) is 0 Å². The second-order valence-corrected chi connectivity index (χ2v) is 7.88. The molecule has 0 N–H and O–H groups in total. The molecule has 0 radical (unpaired) electrons. The minimum atomic E-state index is -3.87. The molecule has 0 saturated carbocycles. The molecule has 0 amide bonds. The van der Waals surface area contributed by atoms with Crippen LogP contribution in [0.1, 0.15) is 5.56 Å². The third-order valence-electron chi connectivity index (χ3n) is 3.78. The van der Waals surface area contributed by atoms with Gasteiger partial charge in [0.2, 0.25) is 10.0 Å². The van der Waals surface area contributed by atoms with Crippen molar-refractivity contribution in [3.63, 3.8) is 0 Å². The third kappa shape index (κ3) is 2.55. The minimum Gasteiger partial charge on any atom is -0.349 e. The van der Waals surface area contributed by atoms with E-state index in [0.29, 0.717) is 0 Å². The van der Waals surface area contributed by atoms with E-state index in [9.17, 15) is 13.2 Å². The Morgan fingerprint density at radius 1 is 1.22 bits per heavy atom. The van der Waals surface area contributed by atoms with Crippen LogP contribution in [0.4, 0.5) is 0 Å². The third-order valence-corrected chi connectivity index (χ3v) is 6.61. The summed E-state index contributed by atoms with van der Waals surface area (Å²) < 4.78 is 32.6. The molecular formula is C15H13Cl2NO4S. The van der Waals surface area contributed by atoms with Gasteiger partial charge in [-0.3, -0.25) is 4.79 Å². The molecule has 1 heterocycles. The molecule has 5 nitrogen and oxygen atoms in total. The molecule has 1 fully saturated rings. The number of ether oxygens (including phenoxy) is 1. The number of hydrogen-bond acceptors (Lipinski definition) is 4. The molecule has 1 aliphatic heterocycles. The summed E-state index contributed by atoms with van der Waals surface area (Å²) in [5, 5.41) is -0.375. The number of carbonyl (C=O) groups is 1. The maximum Gasteiger partial charge on any atom is 0.246 e. The van der Waals surface area contributed by atoms with Crippen molar-refractivity contribution in [1.29, 1.82) is 0 Å². The monoisotopic (exact) mass is 373 g/mol. The number of carbonyl (C=O) groups excluding carboxylic acids is 1. The Hall–Kier alpha value is -1.18. The highest BCUT2D eigenvalue weighted by Gasteiger charge is 2.52. The molecule has 122 valence electrons. The van der Waals surface area contributed by atoms with Crippen molar-refractivity contribution >= 4 is 39.0 Å². The molecule has 1 spiro atoms. The number of sulfonamides is 1. The van der Waals surface area contributed by atoms with E-state index in [2.05, 4.69) is 0 Å². The summed E-state index contributed by atoms with van der Waals surface area (Å²) in [7, 11) is -3.87. The normalized spacial score (nSPS) is 25.6. The number of nitrogens with zero attached hydrogens (tertiary/aromatic N) is 1. The number of halogens is 2. The van der Waals surface area contributed by atoms with Crippen molar-refractivity contribution in [2.24, 2.45) is 0 Å². The average molecular weight is 374 g/mol. The number of ketones is 1. The van der Waals surface area contributed by atoms with Gasteiger partial charge in [-0.2, -0.15) is 4.31 Å². The zero-order chi connectivity index (χ0) is 16.8. The quantitative estimate of drug-likeness (QED) is 0.798. The van der Waals surface area contributed by atoms with E-state index >= 15 is 0 Å². The van der Waals surface area contributed by atoms with E-state index in [1.165, 1.54) is 24.3 Å². The molecule has 1 atom stereocenters. The number of hydrogen-bond donors (Lipinski definition) is 0. The Labute approximate surface area is 144 Å². The lowest BCUT2D eigenvalue weighted by molar-refractivity contribution is -0.111. The van der Waals surface area contributed by atoms with Gasteiger partial charge in [0.25, 0.3) is 0 Å². The molecule has 1 aromatic carbocycles. The van der Waals surface area contributed by atoms with Gasteiger partial charge in [0.1, 0.15) is 5.03 Å². The maximum atomic E-state index is 13.0. The lowest BCUT2D eigenvalue weighted by atomic mass is 10.1. The maximum absolute atomic E-state index is 13.0. The topological polar surface area (TPSA) is 63.7 Å². The first kappa shape index (κ1) is 16.7. The van der Waals surface area contributed by atoms with Crippen molar-refractivity contribution in [2.45, 2.75) is 17.5 Å². The molecule has 1 unspecified atom stereocenters. The van der Waals surface area contributed by atoms with Gasteiger partial charge in [-0.25, -0.2) is 8.42 Å². The zero-order valence-electron chi connectivity index (χ0n) is 12.1. The summed E-state index contributed by atoms with van der Waals surface area (Å²) in [5.74, 6) is -0.481. The van der Waals surface area contributed by atoms with Crippen molar-refractivity contribution in [3.05, 3.63) is 52.0 Å². The fourth-order valence-corrected chi connectivity index (χ4v) is 4.74. The molecule has 0 aromatic heterocycles. The Balaban J connectivity index is 2.11. The van der Waals surface area contributed by atoms with Gasteiger partial charge in [0.05, 0.1) is 16.5 Å². The number of aryl methyl sites for hydroxylation is 1. The largest absolute Gasteiger partial charge is 0.349 e. The van der Waals surface area contributed by atoms with Crippen molar-refractivity contribution in [3.8, 4) is 0 Å². The lowest BCUT2D eigenvalue weighted by Crippen LogP contribution is -2.48. The van der Waals surface area contributed by atoms with Crippen LogP contribution in [0.15, 0.2) is 51.4 Å². The van der Waals surface area contributed by atoms with Gasteiger partial charge in [-0.1, -0.05) is 40.9 Å². The van der Waals surface area contributed by atoms with E-state index < -0.39 is 21.5 Å². The molecule has 1 aliphatic carbocycles. The first-order valence-electron chi connectivity index (χ1n) is 6.82. The number of benzene rings is 1. The number of allylic oxidation sites excluding steroid dienone is 2. The fourth-order valence-electron chi connectivity index (χ4n) is 2.56. The van der Waals surface area contributed by atoms with Crippen LogP contribution < -0.4 is 0 Å². The van der Waals surface area contributed by atoms with Gasteiger partial charge in [-0.05, 0) is 31.2 Å². The van der Waals surface area contributed by atoms with Crippen LogP contribution in [0.3, 0.4) is 0 Å². The van der Waals surface area contributed by atoms with Crippen LogP contribution >= 0.6 is 23.2 Å². The Kier molecular flexibility index (Phi) is 4.14. The fraction of sp³-hybridized carbons (Fsp3) is 0.267. The Morgan fingerprint density at radius 2 is 1.87 bits per heavy atom. The summed E-state index contributed by atoms with van der Waals surface area (Å²) in [6, 6.07) is 6.46. The number of rotatable bonds is 2. The van der Waals surface area contributed by atoms with Crippen LogP contribution in [0.2, 0.25) is 0 Å². The van der Waals surface area contributed by atoms with Crippen molar-refractivity contribution in [2.75, 3.05) is 13.2 Å². The van der Waals surface area contributed by atoms with Gasteiger partial charge in [-0.15, -0.1) is 0 Å². The molecule has 0 bridgehead atoms. The molecule has 23 heavy (non-hydrogen) atoms. The standard InChI is InChI=1S/C15H13Cl2NO4S/c1-10-2-4-11(5-3-10)23(20,21)18-8-9-22-15(18)7-6-12(19)13(16)14(15)17/h2-7H,8-9H2,1H3. The highest BCUT2D eigenvalue weighted by atomic mass is 35.5. The molecular weight excluding hydrogens is 361 g/mol. The summed E-state index contributed by atoms with van der Waals surface area (Å²) in [5.41, 5.74) is -0.614.